The van der Waals surface area contributed by atoms with Crippen LogP contribution in [-0.4, -0.2) is 47.4 Å². The summed E-state index contributed by atoms with van der Waals surface area (Å²) in [6.07, 6.45) is 3.38. The van der Waals surface area contributed by atoms with E-state index in [1.165, 1.54) is 0 Å². The summed E-state index contributed by atoms with van der Waals surface area (Å²) in [7, 11) is 0. The third-order valence-corrected chi connectivity index (χ3v) is 6.80. The van der Waals surface area contributed by atoms with Crippen LogP contribution >= 0.6 is 0 Å². The fourth-order valence-electron chi connectivity index (χ4n) is 4.76. The predicted octanol–water partition coefficient (Wildman–Crippen LogP) is 5.80. The fraction of sp³-hybridized carbons (Fsp3) is 0.250. The molecule has 194 valence electrons. The predicted molar refractivity (Wildman–Crippen MR) is 146 cm³/mol. The smallest absolute Gasteiger partial charge is 0.254 e. The first kappa shape index (κ1) is 25.5. The van der Waals surface area contributed by atoms with Gasteiger partial charge in [-0.2, -0.15) is 0 Å². The molecule has 1 saturated heterocycles. The molecule has 5 rings (SSSR count). The van der Waals surface area contributed by atoms with Gasteiger partial charge in [0.2, 0.25) is 5.91 Å². The Morgan fingerprint density at radius 1 is 0.763 bits per heavy atom. The normalized spacial score (nSPS) is 14.8. The van der Waals surface area contributed by atoms with Gasteiger partial charge in [-0.05, 0) is 53.8 Å². The van der Waals surface area contributed by atoms with Crippen LogP contribution in [0, 0.1) is 0 Å². The van der Waals surface area contributed by atoms with Gasteiger partial charge < -0.3 is 19.0 Å². The molecular formula is C32H32N2O4. The Balaban J connectivity index is 1.35. The number of ether oxygens (including phenoxy) is 1. The zero-order valence-corrected chi connectivity index (χ0v) is 21.4. The molecule has 1 aromatic heterocycles. The number of amides is 2. The van der Waals surface area contributed by atoms with Gasteiger partial charge >= 0.3 is 0 Å². The molecule has 2 amide bonds. The lowest BCUT2D eigenvalue weighted by molar-refractivity contribution is -0.133. The summed E-state index contributed by atoms with van der Waals surface area (Å²) in [5, 5.41) is 0. The Hall–Kier alpha value is -4.16. The quantitative estimate of drug-likeness (QED) is 0.272. The van der Waals surface area contributed by atoms with Crippen LogP contribution < -0.4 is 0 Å². The van der Waals surface area contributed by atoms with Gasteiger partial charge in [0.05, 0.1) is 18.9 Å². The van der Waals surface area contributed by atoms with Crippen molar-refractivity contribution in [2.45, 2.75) is 32.0 Å². The van der Waals surface area contributed by atoms with Gasteiger partial charge in [0.1, 0.15) is 12.3 Å². The van der Waals surface area contributed by atoms with Gasteiger partial charge in [-0.25, -0.2) is 0 Å². The van der Waals surface area contributed by atoms with Crippen molar-refractivity contribution in [1.82, 2.24) is 9.80 Å². The molecule has 0 bridgehead atoms. The first-order chi connectivity index (χ1) is 18.7. The lowest BCUT2D eigenvalue weighted by Crippen LogP contribution is -2.45. The van der Waals surface area contributed by atoms with Gasteiger partial charge in [-0.3, -0.25) is 9.59 Å². The van der Waals surface area contributed by atoms with Crippen molar-refractivity contribution < 1.29 is 18.7 Å². The van der Waals surface area contributed by atoms with Crippen molar-refractivity contribution in [2.24, 2.45) is 0 Å². The molecule has 6 heteroatoms. The highest BCUT2D eigenvalue weighted by atomic mass is 16.5. The third-order valence-electron chi connectivity index (χ3n) is 6.80. The van der Waals surface area contributed by atoms with Crippen molar-refractivity contribution in [1.29, 1.82) is 0 Å². The second-order valence-electron chi connectivity index (χ2n) is 9.58. The first-order valence-electron chi connectivity index (χ1n) is 13.1. The number of furan rings is 1. The molecule has 3 aromatic carbocycles. The minimum Gasteiger partial charge on any atom is -0.467 e. The Morgan fingerprint density at radius 2 is 1.47 bits per heavy atom. The van der Waals surface area contributed by atoms with E-state index in [9.17, 15) is 9.59 Å². The van der Waals surface area contributed by atoms with Gasteiger partial charge in [0.25, 0.3) is 5.91 Å². The van der Waals surface area contributed by atoms with Gasteiger partial charge in [-0.15, -0.1) is 0 Å². The van der Waals surface area contributed by atoms with E-state index in [0.29, 0.717) is 37.6 Å². The van der Waals surface area contributed by atoms with Crippen LogP contribution in [-0.2, 0) is 22.6 Å². The second kappa shape index (κ2) is 12.4. The van der Waals surface area contributed by atoms with Crippen LogP contribution in [0.1, 0.15) is 34.5 Å². The molecule has 6 nitrogen and oxygen atoms in total. The summed E-state index contributed by atoms with van der Waals surface area (Å²) in [6.45, 7) is 1.78. The summed E-state index contributed by atoms with van der Waals surface area (Å²) < 4.78 is 11.4. The van der Waals surface area contributed by atoms with Crippen molar-refractivity contribution in [3.05, 3.63) is 120 Å². The Morgan fingerprint density at radius 3 is 2.13 bits per heavy atom. The van der Waals surface area contributed by atoms with E-state index in [2.05, 4.69) is 0 Å². The van der Waals surface area contributed by atoms with Crippen molar-refractivity contribution in [3.63, 3.8) is 0 Å². The molecule has 1 unspecified atom stereocenters. The molecule has 1 atom stereocenters. The topological polar surface area (TPSA) is 63.0 Å². The summed E-state index contributed by atoms with van der Waals surface area (Å²) in [5.41, 5.74) is 3.70. The van der Waals surface area contributed by atoms with E-state index >= 15 is 0 Å². The lowest BCUT2D eigenvalue weighted by atomic mass is 10.0. The zero-order valence-electron chi connectivity index (χ0n) is 21.4. The SMILES string of the molecule is O=C(CN(CC1CCCO1)C(=O)c1ccc(-c2ccccc2)cc1)N(Cc1ccccc1)Cc1ccco1. The Bertz CT molecular complexity index is 1300. The fourth-order valence-corrected chi connectivity index (χ4v) is 4.76. The summed E-state index contributed by atoms with van der Waals surface area (Å²) in [4.78, 5) is 30.8. The molecule has 1 aliphatic rings. The highest BCUT2D eigenvalue weighted by molar-refractivity contribution is 5.97. The van der Waals surface area contributed by atoms with Crippen LogP contribution in [0.5, 0.6) is 0 Å². The molecule has 2 heterocycles. The Labute approximate surface area is 223 Å². The van der Waals surface area contributed by atoms with E-state index in [1.807, 2.05) is 97.1 Å². The molecule has 4 aromatic rings. The van der Waals surface area contributed by atoms with Crippen LogP contribution in [0.3, 0.4) is 0 Å². The lowest BCUT2D eigenvalue weighted by Gasteiger charge is -2.29. The van der Waals surface area contributed by atoms with Crippen molar-refractivity contribution >= 4 is 11.8 Å². The van der Waals surface area contributed by atoms with Crippen LogP contribution in [0.15, 0.2) is 108 Å². The largest absolute Gasteiger partial charge is 0.467 e. The molecule has 0 aliphatic carbocycles. The molecule has 38 heavy (non-hydrogen) atoms. The standard InChI is InChI=1S/C32H32N2O4/c35-31(33(22-29-13-7-19-37-29)21-25-9-3-1-4-10-25)24-34(23-30-14-8-20-38-30)32(36)28-17-15-27(16-18-28)26-11-5-2-6-12-26/h1-7,9-13,15-19,30H,8,14,20-24H2. The summed E-state index contributed by atoms with van der Waals surface area (Å²) in [5.74, 6) is 0.381. The number of carbonyl (C=O) groups excluding carboxylic acids is 2. The zero-order chi connectivity index (χ0) is 26.2. The first-order valence-corrected chi connectivity index (χ1v) is 13.1. The number of hydrogen-bond acceptors (Lipinski definition) is 4. The molecule has 0 radical (unpaired) electrons. The highest BCUT2D eigenvalue weighted by Gasteiger charge is 2.27. The molecule has 0 spiro atoms. The third kappa shape index (κ3) is 6.58. The average Bonchev–Trinajstić information content (AvgIpc) is 3.68. The van der Waals surface area contributed by atoms with E-state index in [4.69, 9.17) is 9.15 Å². The summed E-state index contributed by atoms with van der Waals surface area (Å²) in [6, 6.07) is 31.1. The molecule has 0 N–H and O–H groups in total. The molecule has 1 aliphatic heterocycles. The number of hydrogen-bond donors (Lipinski definition) is 0. The van der Waals surface area contributed by atoms with Crippen LogP contribution in [0.25, 0.3) is 11.1 Å². The maximum absolute atomic E-state index is 13.7. The second-order valence-corrected chi connectivity index (χ2v) is 9.58. The molecular weight excluding hydrogens is 476 g/mol. The van der Waals surface area contributed by atoms with Crippen molar-refractivity contribution in [2.75, 3.05) is 19.7 Å². The average molecular weight is 509 g/mol. The Kier molecular flexibility index (Phi) is 8.31. The van der Waals surface area contributed by atoms with E-state index in [0.717, 1.165) is 29.5 Å². The van der Waals surface area contributed by atoms with E-state index in [1.54, 1.807) is 16.1 Å². The maximum Gasteiger partial charge on any atom is 0.254 e. The van der Waals surface area contributed by atoms with Crippen LogP contribution in [0.2, 0.25) is 0 Å². The monoisotopic (exact) mass is 508 g/mol. The summed E-state index contributed by atoms with van der Waals surface area (Å²) >= 11 is 0. The molecule has 1 fully saturated rings. The van der Waals surface area contributed by atoms with E-state index in [-0.39, 0.29) is 24.5 Å². The number of carbonyl (C=O) groups is 2. The highest BCUT2D eigenvalue weighted by Crippen LogP contribution is 2.21. The number of benzene rings is 3. The van der Waals surface area contributed by atoms with Crippen LogP contribution in [0.4, 0.5) is 0 Å². The minimum atomic E-state index is -0.175. The number of nitrogens with zero attached hydrogens (tertiary/aromatic N) is 2. The van der Waals surface area contributed by atoms with Crippen molar-refractivity contribution in [3.8, 4) is 11.1 Å². The van der Waals surface area contributed by atoms with Gasteiger partial charge in [0.15, 0.2) is 0 Å². The number of rotatable bonds is 10. The minimum absolute atomic E-state index is 0.0350. The molecule has 0 saturated carbocycles. The van der Waals surface area contributed by atoms with Gasteiger partial charge in [0, 0.05) is 25.3 Å². The van der Waals surface area contributed by atoms with E-state index < -0.39 is 0 Å². The van der Waals surface area contributed by atoms with Gasteiger partial charge in [-0.1, -0.05) is 72.8 Å². The maximum atomic E-state index is 13.7.